The second kappa shape index (κ2) is 2.61. The van der Waals surface area contributed by atoms with Crippen LogP contribution in [0.4, 0.5) is 0 Å². The van der Waals surface area contributed by atoms with E-state index in [0.717, 1.165) is 15.5 Å². The van der Waals surface area contributed by atoms with Crippen molar-refractivity contribution < 1.29 is 0 Å². The van der Waals surface area contributed by atoms with E-state index < -0.39 is 0 Å². The molecule has 12 heavy (non-hydrogen) atoms. The van der Waals surface area contributed by atoms with Gasteiger partial charge in [0.1, 0.15) is 11.6 Å². The van der Waals surface area contributed by atoms with Gasteiger partial charge in [0.05, 0.1) is 15.6 Å². The van der Waals surface area contributed by atoms with Crippen LogP contribution in [0.5, 0.6) is 0 Å². The lowest BCUT2D eigenvalue weighted by molar-refractivity contribution is 1.37. The van der Waals surface area contributed by atoms with Crippen molar-refractivity contribution in [3.8, 4) is 6.07 Å². The number of hydrogen-bond donors (Lipinski definition) is 1. The number of halogens is 1. The van der Waals surface area contributed by atoms with Crippen LogP contribution >= 0.6 is 15.9 Å². The predicted molar refractivity (Wildman–Crippen MR) is 48.5 cm³/mol. The van der Waals surface area contributed by atoms with Crippen molar-refractivity contribution in [3.05, 3.63) is 28.5 Å². The first-order valence-electron chi connectivity index (χ1n) is 3.34. The van der Waals surface area contributed by atoms with E-state index in [9.17, 15) is 0 Å². The number of aromatic amines is 1. The second-order valence-corrected chi connectivity index (χ2v) is 3.22. The molecule has 0 spiro atoms. The van der Waals surface area contributed by atoms with E-state index in [1.54, 1.807) is 18.5 Å². The average molecular weight is 222 g/mol. The summed E-state index contributed by atoms with van der Waals surface area (Å²) in [4.78, 5) is 7.11. The SMILES string of the molecule is N#Cc1cnc2c(Br)c[nH]c2c1. The Balaban J connectivity index is 2.80. The van der Waals surface area contributed by atoms with Gasteiger partial charge in [0.15, 0.2) is 0 Å². The fourth-order valence-corrected chi connectivity index (χ4v) is 1.47. The molecule has 3 nitrogen and oxygen atoms in total. The summed E-state index contributed by atoms with van der Waals surface area (Å²) in [6, 6.07) is 3.80. The fourth-order valence-electron chi connectivity index (χ4n) is 1.04. The lowest BCUT2D eigenvalue weighted by Gasteiger charge is -1.89. The summed E-state index contributed by atoms with van der Waals surface area (Å²) in [6.45, 7) is 0. The molecule has 0 saturated carbocycles. The minimum Gasteiger partial charge on any atom is -0.359 e. The Morgan fingerprint density at radius 1 is 1.58 bits per heavy atom. The van der Waals surface area contributed by atoms with Gasteiger partial charge in [-0.2, -0.15) is 5.26 Å². The second-order valence-electron chi connectivity index (χ2n) is 2.37. The average Bonchev–Trinajstić information content (AvgIpc) is 2.47. The molecule has 0 aromatic carbocycles. The molecule has 0 fully saturated rings. The van der Waals surface area contributed by atoms with Gasteiger partial charge in [-0.1, -0.05) is 0 Å². The van der Waals surface area contributed by atoms with Gasteiger partial charge >= 0.3 is 0 Å². The van der Waals surface area contributed by atoms with Gasteiger partial charge in [0.2, 0.25) is 0 Å². The molecule has 0 radical (unpaired) electrons. The lowest BCUT2D eigenvalue weighted by Crippen LogP contribution is -1.78. The number of hydrogen-bond acceptors (Lipinski definition) is 2. The van der Waals surface area contributed by atoms with Crippen molar-refractivity contribution >= 4 is 27.0 Å². The van der Waals surface area contributed by atoms with Gasteiger partial charge < -0.3 is 4.98 Å². The zero-order chi connectivity index (χ0) is 8.55. The Bertz CT molecular complexity index is 467. The zero-order valence-electron chi connectivity index (χ0n) is 6.00. The number of fused-ring (bicyclic) bond motifs is 1. The topological polar surface area (TPSA) is 52.5 Å². The highest BCUT2D eigenvalue weighted by Crippen LogP contribution is 2.21. The van der Waals surface area contributed by atoms with Crippen LogP contribution in [0.25, 0.3) is 11.0 Å². The van der Waals surface area contributed by atoms with Crippen molar-refractivity contribution in [2.45, 2.75) is 0 Å². The maximum absolute atomic E-state index is 8.59. The molecule has 0 bridgehead atoms. The lowest BCUT2D eigenvalue weighted by atomic mass is 10.3. The largest absolute Gasteiger partial charge is 0.359 e. The zero-order valence-corrected chi connectivity index (χ0v) is 7.59. The van der Waals surface area contributed by atoms with Gasteiger partial charge in [-0.3, -0.25) is 4.98 Å². The summed E-state index contributed by atoms with van der Waals surface area (Å²) < 4.78 is 0.919. The molecule has 0 saturated heterocycles. The maximum Gasteiger partial charge on any atom is 0.102 e. The molecule has 0 aliphatic heterocycles. The van der Waals surface area contributed by atoms with Crippen LogP contribution in [-0.2, 0) is 0 Å². The summed E-state index contributed by atoms with van der Waals surface area (Å²) in [6.07, 6.45) is 3.36. The molecule has 0 amide bonds. The van der Waals surface area contributed by atoms with Crippen LogP contribution in [0, 0.1) is 11.3 Å². The Labute approximate surface area is 77.2 Å². The van der Waals surface area contributed by atoms with Gasteiger partial charge in [-0.25, -0.2) is 0 Å². The highest BCUT2D eigenvalue weighted by molar-refractivity contribution is 9.10. The van der Waals surface area contributed by atoms with Crippen molar-refractivity contribution in [2.75, 3.05) is 0 Å². The smallest absolute Gasteiger partial charge is 0.102 e. The minimum atomic E-state index is 0.567. The minimum absolute atomic E-state index is 0.567. The fraction of sp³-hybridized carbons (Fsp3) is 0. The molecular formula is C8H4BrN3. The first-order valence-corrected chi connectivity index (χ1v) is 4.13. The predicted octanol–water partition coefficient (Wildman–Crippen LogP) is 2.20. The van der Waals surface area contributed by atoms with Crippen LogP contribution in [0.3, 0.4) is 0 Å². The molecule has 0 aliphatic carbocycles. The van der Waals surface area contributed by atoms with Crippen molar-refractivity contribution in [3.63, 3.8) is 0 Å². The summed E-state index contributed by atoms with van der Waals surface area (Å²) in [7, 11) is 0. The van der Waals surface area contributed by atoms with E-state index in [1.807, 2.05) is 6.07 Å². The van der Waals surface area contributed by atoms with E-state index in [-0.39, 0.29) is 0 Å². The molecule has 2 aromatic heterocycles. The summed E-state index contributed by atoms with van der Waals surface area (Å²) in [5.74, 6) is 0. The molecule has 58 valence electrons. The Morgan fingerprint density at radius 2 is 2.42 bits per heavy atom. The number of rotatable bonds is 0. The number of nitrogens with one attached hydrogen (secondary N) is 1. The molecule has 1 N–H and O–H groups in total. The van der Waals surface area contributed by atoms with Crippen LogP contribution in [0.15, 0.2) is 22.9 Å². The number of pyridine rings is 1. The quantitative estimate of drug-likeness (QED) is 0.742. The van der Waals surface area contributed by atoms with E-state index >= 15 is 0 Å². The van der Waals surface area contributed by atoms with Gasteiger partial charge in [0, 0.05) is 12.4 Å². The summed E-state index contributed by atoms with van der Waals surface area (Å²) in [5.41, 5.74) is 2.30. The van der Waals surface area contributed by atoms with Gasteiger partial charge in [-0.05, 0) is 22.0 Å². The summed E-state index contributed by atoms with van der Waals surface area (Å²) >= 11 is 3.34. The Kier molecular flexibility index (Phi) is 1.59. The van der Waals surface area contributed by atoms with Crippen LogP contribution in [-0.4, -0.2) is 9.97 Å². The summed E-state index contributed by atoms with van der Waals surface area (Å²) in [5, 5.41) is 8.59. The normalized spacial score (nSPS) is 10.0. The van der Waals surface area contributed by atoms with Crippen molar-refractivity contribution in [2.24, 2.45) is 0 Å². The standard InChI is InChI=1S/C8H4BrN3/c9-6-4-11-7-1-5(2-10)3-12-8(6)7/h1,3-4,11H. The van der Waals surface area contributed by atoms with Crippen molar-refractivity contribution in [1.82, 2.24) is 9.97 Å². The highest BCUT2D eigenvalue weighted by atomic mass is 79.9. The molecule has 0 aliphatic rings. The molecule has 0 unspecified atom stereocenters. The molecule has 0 atom stereocenters. The molecule has 2 heterocycles. The molecule has 2 rings (SSSR count). The molecular weight excluding hydrogens is 218 g/mol. The van der Waals surface area contributed by atoms with E-state index in [1.165, 1.54) is 0 Å². The third-order valence-electron chi connectivity index (χ3n) is 1.60. The molecule has 2 aromatic rings. The third-order valence-corrected chi connectivity index (χ3v) is 2.20. The monoisotopic (exact) mass is 221 g/mol. The van der Waals surface area contributed by atoms with Crippen LogP contribution in [0.2, 0.25) is 0 Å². The van der Waals surface area contributed by atoms with Crippen LogP contribution in [0.1, 0.15) is 5.56 Å². The number of nitrogens with zero attached hydrogens (tertiary/aromatic N) is 2. The number of nitriles is 1. The first-order chi connectivity index (χ1) is 5.81. The van der Waals surface area contributed by atoms with Gasteiger partial charge in [0.25, 0.3) is 0 Å². The third kappa shape index (κ3) is 0.990. The Hall–Kier alpha value is -1.34. The number of aromatic nitrogens is 2. The maximum atomic E-state index is 8.59. The van der Waals surface area contributed by atoms with Gasteiger partial charge in [-0.15, -0.1) is 0 Å². The first kappa shape index (κ1) is 7.32. The highest BCUT2D eigenvalue weighted by Gasteiger charge is 2.01. The Morgan fingerprint density at radius 3 is 3.17 bits per heavy atom. The van der Waals surface area contributed by atoms with E-state index in [0.29, 0.717) is 5.56 Å². The number of H-pyrrole nitrogens is 1. The molecule has 4 heteroatoms. The van der Waals surface area contributed by atoms with Crippen LogP contribution < -0.4 is 0 Å². The van der Waals surface area contributed by atoms with E-state index in [4.69, 9.17) is 5.26 Å². The van der Waals surface area contributed by atoms with E-state index in [2.05, 4.69) is 25.9 Å². The van der Waals surface area contributed by atoms with Crippen molar-refractivity contribution in [1.29, 1.82) is 5.26 Å².